The Morgan fingerprint density at radius 1 is 1.33 bits per heavy atom. The molecule has 21 heavy (non-hydrogen) atoms. The van der Waals surface area contributed by atoms with Crippen LogP contribution in [-0.2, 0) is 4.79 Å². The highest BCUT2D eigenvalue weighted by Crippen LogP contribution is 2.18. The number of nitrogens with one attached hydrogen (secondary N) is 1. The molecule has 3 rings (SSSR count). The van der Waals surface area contributed by atoms with Crippen LogP contribution in [0.3, 0.4) is 0 Å². The fourth-order valence-corrected chi connectivity index (χ4v) is 2.51. The smallest absolute Gasteiger partial charge is 0.248 e. The SMILES string of the molecule is O=C(/C=C/c1cnc2sccn12)Nc1c(F)cccc1F. The van der Waals surface area contributed by atoms with Gasteiger partial charge in [-0.05, 0) is 18.2 Å². The van der Waals surface area contributed by atoms with Crippen LogP contribution in [-0.4, -0.2) is 15.3 Å². The summed E-state index contributed by atoms with van der Waals surface area (Å²) in [6, 6.07) is 3.39. The second kappa shape index (κ2) is 5.45. The van der Waals surface area contributed by atoms with E-state index in [2.05, 4.69) is 10.3 Å². The van der Waals surface area contributed by atoms with Gasteiger partial charge in [0.25, 0.3) is 0 Å². The van der Waals surface area contributed by atoms with Crippen LogP contribution in [0.1, 0.15) is 5.69 Å². The summed E-state index contributed by atoms with van der Waals surface area (Å²) < 4.78 is 28.6. The second-order valence-electron chi connectivity index (χ2n) is 4.16. The van der Waals surface area contributed by atoms with Gasteiger partial charge in [0.2, 0.25) is 5.91 Å². The van der Waals surface area contributed by atoms with Crippen molar-refractivity contribution in [1.82, 2.24) is 9.38 Å². The third-order valence-electron chi connectivity index (χ3n) is 2.79. The summed E-state index contributed by atoms with van der Waals surface area (Å²) in [6.07, 6.45) is 6.16. The third kappa shape index (κ3) is 2.68. The lowest BCUT2D eigenvalue weighted by Gasteiger charge is -2.04. The van der Waals surface area contributed by atoms with Crippen molar-refractivity contribution in [3.8, 4) is 0 Å². The highest BCUT2D eigenvalue weighted by atomic mass is 32.1. The minimum Gasteiger partial charge on any atom is -0.318 e. The number of halogens is 2. The molecule has 0 aliphatic rings. The molecule has 0 aliphatic carbocycles. The number of anilines is 1. The average Bonchev–Trinajstić information content (AvgIpc) is 3.04. The number of para-hydroxylation sites is 1. The van der Waals surface area contributed by atoms with Crippen LogP contribution >= 0.6 is 11.3 Å². The van der Waals surface area contributed by atoms with E-state index in [0.29, 0.717) is 5.69 Å². The molecule has 0 atom stereocenters. The first kappa shape index (κ1) is 13.4. The van der Waals surface area contributed by atoms with Crippen LogP contribution in [0.4, 0.5) is 14.5 Å². The number of benzene rings is 1. The van der Waals surface area contributed by atoms with Crippen molar-refractivity contribution < 1.29 is 13.6 Å². The lowest BCUT2D eigenvalue weighted by atomic mass is 10.3. The number of carbonyl (C=O) groups is 1. The summed E-state index contributed by atoms with van der Waals surface area (Å²) in [5, 5.41) is 4.05. The average molecular weight is 305 g/mol. The van der Waals surface area contributed by atoms with Crippen LogP contribution in [0.2, 0.25) is 0 Å². The van der Waals surface area contributed by atoms with Gasteiger partial charge >= 0.3 is 0 Å². The lowest BCUT2D eigenvalue weighted by molar-refractivity contribution is -0.111. The van der Waals surface area contributed by atoms with Crippen LogP contribution in [0.15, 0.2) is 42.0 Å². The summed E-state index contributed by atoms with van der Waals surface area (Å²) >= 11 is 1.47. The van der Waals surface area contributed by atoms with E-state index in [-0.39, 0.29) is 0 Å². The Morgan fingerprint density at radius 2 is 2.10 bits per heavy atom. The number of amides is 1. The number of imidazole rings is 1. The minimum atomic E-state index is -0.818. The zero-order valence-electron chi connectivity index (χ0n) is 10.6. The molecule has 2 heterocycles. The van der Waals surface area contributed by atoms with Crippen molar-refractivity contribution >= 4 is 34.0 Å². The van der Waals surface area contributed by atoms with Gasteiger partial charge in [-0.1, -0.05) is 6.07 Å². The van der Waals surface area contributed by atoms with Gasteiger partial charge in [-0.25, -0.2) is 13.8 Å². The van der Waals surface area contributed by atoms with Gasteiger partial charge in [0.05, 0.1) is 11.9 Å². The summed E-state index contributed by atoms with van der Waals surface area (Å²) in [6.45, 7) is 0. The van der Waals surface area contributed by atoms with Crippen LogP contribution in [0.25, 0.3) is 11.0 Å². The molecular formula is C14H9F2N3OS. The van der Waals surface area contributed by atoms with Crippen LogP contribution in [0, 0.1) is 11.6 Å². The van der Waals surface area contributed by atoms with Gasteiger partial charge in [-0.15, -0.1) is 11.3 Å². The quantitative estimate of drug-likeness (QED) is 0.755. The number of nitrogens with zero attached hydrogens (tertiary/aromatic N) is 2. The van der Waals surface area contributed by atoms with E-state index in [1.165, 1.54) is 29.6 Å². The zero-order valence-corrected chi connectivity index (χ0v) is 11.4. The highest BCUT2D eigenvalue weighted by molar-refractivity contribution is 7.15. The maximum Gasteiger partial charge on any atom is 0.248 e. The number of hydrogen-bond donors (Lipinski definition) is 1. The molecule has 3 aromatic rings. The van der Waals surface area contributed by atoms with Crippen molar-refractivity contribution in [2.45, 2.75) is 0 Å². The van der Waals surface area contributed by atoms with Gasteiger partial charge in [-0.3, -0.25) is 9.20 Å². The number of fused-ring (bicyclic) bond motifs is 1. The summed E-state index contributed by atoms with van der Waals surface area (Å²) in [4.78, 5) is 16.7. The molecule has 1 aromatic carbocycles. The van der Waals surface area contributed by atoms with Gasteiger partial charge < -0.3 is 5.32 Å². The predicted octanol–water partition coefficient (Wildman–Crippen LogP) is 3.33. The Balaban J connectivity index is 1.78. The lowest BCUT2D eigenvalue weighted by Crippen LogP contribution is -2.10. The molecule has 0 unspecified atom stereocenters. The second-order valence-corrected chi connectivity index (χ2v) is 5.03. The van der Waals surface area contributed by atoms with Crippen LogP contribution < -0.4 is 5.32 Å². The van der Waals surface area contributed by atoms with Crippen molar-refractivity contribution in [1.29, 1.82) is 0 Å². The monoisotopic (exact) mass is 305 g/mol. The molecule has 0 radical (unpaired) electrons. The Kier molecular flexibility index (Phi) is 3.49. The van der Waals surface area contributed by atoms with E-state index < -0.39 is 23.2 Å². The van der Waals surface area contributed by atoms with Crippen molar-refractivity contribution in [2.24, 2.45) is 0 Å². The van der Waals surface area contributed by atoms with Crippen LogP contribution in [0.5, 0.6) is 0 Å². The first-order chi connectivity index (χ1) is 10.1. The van der Waals surface area contributed by atoms with Gasteiger partial charge in [-0.2, -0.15) is 0 Å². The molecule has 0 spiro atoms. The maximum absolute atomic E-state index is 13.4. The molecule has 0 fully saturated rings. The fraction of sp³-hybridized carbons (Fsp3) is 0. The molecule has 4 nitrogen and oxygen atoms in total. The maximum atomic E-state index is 13.4. The largest absolute Gasteiger partial charge is 0.318 e. The number of carbonyl (C=O) groups excluding carboxylic acids is 1. The summed E-state index contributed by atoms with van der Waals surface area (Å²) in [5.41, 5.74) is 0.247. The van der Waals surface area contributed by atoms with E-state index in [0.717, 1.165) is 17.1 Å². The molecule has 7 heteroatoms. The molecule has 1 amide bonds. The molecule has 1 N–H and O–H groups in total. The fourth-order valence-electron chi connectivity index (χ4n) is 1.81. The normalized spacial score (nSPS) is 11.3. The Labute approximate surface area is 122 Å². The topological polar surface area (TPSA) is 46.4 Å². The van der Waals surface area contributed by atoms with Gasteiger partial charge in [0.15, 0.2) is 4.96 Å². The molecule has 0 aliphatic heterocycles. The standard InChI is InChI=1S/C14H9F2N3OS/c15-10-2-1-3-11(16)13(10)18-12(20)5-4-9-8-17-14-19(9)6-7-21-14/h1-8H,(H,18,20)/b5-4+. The summed E-state index contributed by atoms with van der Waals surface area (Å²) in [7, 11) is 0. The summed E-state index contributed by atoms with van der Waals surface area (Å²) in [5.74, 6) is -2.26. The van der Waals surface area contributed by atoms with E-state index >= 15 is 0 Å². The molecule has 2 aromatic heterocycles. The number of aromatic nitrogens is 2. The van der Waals surface area contributed by atoms with Crippen molar-refractivity contribution in [3.05, 3.63) is 59.4 Å². The number of thiazole rings is 1. The number of rotatable bonds is 3. The highest BCUT2D eigenvalue weighted by Gasteiger charge is 2.10. The Hall–Kier alpha value is -2.54. The van der Waals surface area contributed by atoms with Gasteiger partial charge in [0, 0.05) is 17.7 Å². The van der Waals surface area contributed by atoms with E-state index in [4.69, 9.17) is 0 Å². The van der Waals surface area contributed by atoms with Crippen molar-refractivity contribution in [2.75, 3.05) is 5.32 Å². The molecule has 0 saturated heterocycles. The van der Waals surface area contributed by atoms with E-state index in [1.54, 1.807) is 10.6 Å². The Bertz CT molecular complexity index is 817. The molecule has 106 valence electrons. The Morgan fingerprint density at radius 3 is 2.86 bits per heavy atom. The predicted molar refractivity (Wildman–Crippen MR) is 77.1 cm³/mol. The molecule has 0 saturated carbocycles. The third-order valence-corrected chi connectivity index (χ3v) is 3.56. The first-order valence-corrected chi connectivity index (χ1v) is 6.87. The number of hydrogen-bond acceptors (Lipinski definition) is 3. The van der Waals surface area contributed by atoms with Crippen molar-refractivity contribution in [3.63, 3.8) is 0 Å². The first-order valence-electron chi connectivity index (χ1n) is 5.99. The molecular weight excluding hydrogens is 296 g/mol. The van der Waals surface area contributed by atoms with Gasteiger partial charge in [0.1, 0.15) is 17.3 Å². The van der Waals surface area contributed by atoms with E-state index in [1.807, 2.05) is 11.6 Å². The minimum absolute atomic E-state index is 0.457. The zero-order chi connectivity index (χ0) is 14.8. The molecule has 0 bridgehead atoms. The van der Waals surface area contributed by atoms with E-state index in [9.17, 15) is 13.6 Å².